The van der Waals surface area contributed by atoms with Crippen molar-refractivity contribution in [2.75, 3.05) is 6.79 Å². The van der Waals surface area contributed by atoms with Gasteiger partial charge >= 0.3 is 0 Å². The van der Waals surface area contributed by atoms with Crippen molar-refractivity contribution in [1.29, 1.82) is 0 Å². The van der Waals surface area contributed by atoms with E-state index >= 15 is 0 Å². The summed E-state index contributed by atoms with van der Waals surface area (Å²) in [6.45, 7) is 4.94. The third kappa shape index (κ3) is 4.11. The van der Waals surface area contributed by atoms with Crippen LogP contribution in [-0.4, -0.2) is 26.5 Å². The summed E-state index contributed by atoms with van der Waals surface area (Å²) in [5.74, 6) is 2.24. The maximum atomic E-state index is 6.35. The fraction of sp³-hybridized carbons (Fsp3) is 0.208. The predicted octanol–water partition coefficient (Wildman–Crippen LogP) is 5.76. The highest BCUT2D eigenvalue weighted by Gasteiger charge is 2.21. The molecule has 8 heteroatoms. The number of rotatable bonds is 5. The van der Waals surface area contributed by atoms with Crippen molar-refractivity contribution in [3.63, 3.8) is 0 Å². The van der Waals surface area contributed by atoms with Crippen LogP contribution in [0.3, 0.4) is 0 Å². The smallest absolute Gasteiger partial charge is 0.196 e. The van der Waals surface area contributed by atoms with Crippen molar-refractivity contribution in [1.82, 2.24) is 19.7 Å². The Morgan fingerprint density at radius 3 is 2.84 bits per heavy atom. The summed E-state index contributed by atoms with van der Waals surface area (Å²) in [6.07, 6.45) is 3.56. The summed E-state index contributed by atoms with van der Waals surface area (Å²) in [5, 5.41) is 10.5. The van der Waals surface area contributed by atoms with Gasteiger partial charge in [-0.25, -0.2) is 0 Å². The van der Waals surface area contributed by atoms with Crippen LogP contribution in [0.4, 0.5) is 0 Å². The molecule has 1 aliphatic heterocycles. The summed E-state index contributed by atoms with van der Waals surface area (Å²) in [7, 11) is 0. The molecule has 0 aliphatic carbocycles. The number of thioether (sulfide) groups is 1. The number of hydrogen-bond donors (Lipinski definition) is 0. The van der Waals surface area contributed by atoms with Crippen molar-refractivity contribution in [2.45, 2.75) is 31.4 Å². The first kappa shape index (κ1) is 21.0. The number of halogens is 1. The lowest BCUT2D eigenvalue weighted by molar-refractivity contribution is -0.0168. The molecule has 1 aliphatic rings. The van der Waals surface area contributed by atoms with Gasteiger partial charge in [0.05, 0.1) is 12.3 Å². The quantitative estimate of drug-likeness (QED) is 0.350. The van der Waals surface area contributed by atoms with E-state index in [0.29, 0.717) is 17.4 Å². The average Bonchev–Trinajstić information content (AvgIpc) is 3.21. The number of benzene rings is 2. The molecular formula is C24H21ClN4O2S. The first-order valence-electron chi connectivity index (χ1n) is 10.2. The summed E-state index contributed by atoms with van der Waals surface area (Å²) >= 11 is 7.94. The van der Waals surface area contributed by atoms with E-state index < -0.39 is 0 Å². The van der Waals surface area contributed by atoms with Crippen LogP contribution in [0.25, 0.3) is 17.1 Å². The first-order chi connectivity index (χ1) is 15.6. The standard InChI is InChI=1S/C24H21ClN4O2S/c1-15-5-6-21(16(2)8-15)29-23(17-4-3-7-26-11-17)27-28-24(29)32-13-19-10-20(25)9-18-12-30-14-31-22(18)19/h3-11H,12-14H2,1-2H3. The zero-order valence-electron chi connectivity index (χ0n) is 17.7. The zero-order chi connectivity index (χ0) is 22.1. The number of nitrogens with zero attached hydrogens (tertiary/aromatic N) is 4. The lowest BCUT2D eigenvalue weighted by Crippen LogP contribution is -2.13. The normalized spacial score (nSPS) is 13.0. The molecule has 0 spiro atoms. The fourth-order valence-corrected chi connectivity index (χ4v) is 5.00. The van der Waals surface area contributed by atoms with Gasteiger partial charge < -0.3 is 9.47 Å². The Bertz CT molecular complexity index is 1280. The van der Waals surface area contributed by atoms with Gasteiger partial charge in [0.2, 0.25) is 0 Å². The Morgan fingerprint density at radius 2 is 2.03 bits per heavy atom. The van der Waals surface area contributed by atoms with Crippen LogP contribution in [-0.2, 0) is 17.1 Å². The minimum Gasteiger partial charge on any atom is -0.467 e. The van der Waals surface area contributed by atoms with E-state index in [2.05, 4.69) is 51.8 Å². The van der Waals surface area contributed by atoms with Gasteiger partial charge in [0.15, 0.2) is 17.8 Å². The minimum atomic E-state index is 0.246. The van der Waals surface area contributed by atoms with Gasteiger partial charge in [-0.15, -0.1) is 10.2 Å². The number of aryl methyl sites for hydroxylation is 2. The molecule has 6 nitrogen and oxygen atoms in total. The van der Waals surface area contributed by atoms with Crippen LogP contribution < -0.4 is 4.74 Å². The molecule has 0 atom stereocenters. The molecule has 2 aromatic heterocycles. The molecule has 162 valence electrons. The van der Waals surface area contributed by atoms with E-state index in [1.165, 1.54) is 5.56 Å². The van der Waals surface area contributed by atoms with E-state index in [4.69, 9.17) is 21.1 Å². The lowest BCUT2D eigenvalue weighted by atomic mass is 10.1. The molecule has 0 bridgehead atoms. The maximum absolute atomic E-state index is 6.35. The SMILES string of the molecule is Cc1ccc(-n2c(SCc3cc(Cl)cc4c3OCOC4)nnc2-c2cccnc2)c(C)c1. The van der Waals surface area contributed by atoms with Crippen LogP contribution in [0.15, 0.2) is 60.0 Å². The first-order valence-corrected chi connectivity index (χ1v) is 11.5. The zero-order valence-corrected chi connectivity index (χ0v) is 19.3. The minimum absolute atomic E-state index is 0.246. The third-order valence-electron chi connectivity index (χ3n) is 5.25. The monoisotopic (exact) mass is 464 g/mol. The maximum Gasteiger partial charge on any atom is 0.196 e. The van der Waals surface area contributed by atoms with E-state index in [-0.39, 0.29) is 6.79 Å². The average molecular weight is 465 g/mol. The molecule has 3 heterocycles. The Morgan fingerprint density at radius 1 is 1.12 bits per heavy atom. The second-order valence-corrected chi connectivity index (χ2v) is 9.00. The highest BCUT2D eigenvalue weighted by Crippen LogP contribution is 2.37. The predicted molar refractivity (Wildman–Crippen MR) is 125 cm³/mol. The van der Waals surface area contributed by atoms with Gasteiger partial charge in [-0.2, -0.15) is 0 Å². The Labute approximate surface area is 195 Å². The van der Waals surface area contributed by atoms with Crippen LogP contribution >= 0.6 is 23.4 Å². The molecule has 0 amide bonds. The van der Waals surface area contributed by atoms with Crippen molar-refractivity contribution < 1.29 is 9.47 Å². The van der Waals surface area contributed by atoms with Gasteiger partial charge in [-0.05, 0) is 49.7 Å². The number of pyridine rings is 1. The molecule has 0 radical (unpaired) electrons. The van der Waals surface area contributed by atoms with E-state index in [9.17, 15) is 0 Å². The Hall–Kier alpha value is -2.87. The van der Waals surface area contributed by atoms with E-state index in [0.717, 1.165) is 44.7 Å². The molecule has 0 N–H and O–H groups in total. The Balaban J connectivity index is 1.55. The van der Waals surface area contributed by atoms with Crippen LogP contribution in [0.2, 0.25) is 5.02 Å². The van der Waals surface area contributed by atoms with E-state index in [1.807, 2.05) is 24.3 Å². The van der Waals surface area contributed by atoms with Crippen LogP contribution in [0.5, 0.6) is 5.75 Å². The van der Waals surface area contributed by atoms with Crippen molar-refractivity contribution >= 4 is 23.4 Å². The van der Waals surface area contributed by atoms with Gasteiger partial charge in [0.25, 0.3) is 0 Å². The molecule has 5 rings (SSSR count). The largest absolute Gasteiger partial charge is 0.467 e. The molecule has 2 aromatic carbocycles. The second kappa shape index (κ2) is 8.94. The number of ether oxygens (including phenoxy) is 2. The summed E-state index contributed by atoms with van der Waals surface area (Å²) < 4.78 is 13.3. The Kier molecular flexibility index (Phi) is 5.87. The topological polar surface area (TPSA) is 62.1 Å². The summed E-state index contributed by atoms with van der Waals surface area (Å²) in [4.78, 5) is 4.26. The molecule has 0 saturated heterocycles. The van der Waals surface area contributed by atoms with Gasteiger partial charge in [-0.1, -0.05) is 41.1 Å². The fourth-order valence-electron chi connectivity index (χ4n) is 3.83. The van der Waals surface area contributed by atoms with Gasteiger partial charge in [0.1, 0.15) is 5.75 Å². The lowest BCUT2D eigenvalue weighted by Gasteiger charge is -2.21. The molecule has 32 heavy (non-hydrogen) atoms. The molecule has 0 saturated carbocycles. The molecule has 0 unspecified atom stereocenters. The van der Waals surface area contributed by atoms with Crippen LogP contribution in [0, 0.1) is 13.8 Å². The van der Waals surface area contributed by atoms with Gasteiger partial charge in [0, 0.05) is 39.9 Å². The van der Waals surface area contributed by atoms with Gasteiger partial charge in [-0.3, -0.25) is 9.55 Å². The molecule has 0 fully saturated rings. The summed E-state index contributed by atoms with van der Waals surface area (Å²) in [5.41, 5.74) is 6.29. The van der Waals surface area contributed by atoms with Crippen molar-refractivity contribution in [2.24, 2.45) is 0 Å². The summed E-state index contributed by atoms with van der Waals surface area (Å²) in [6, 6.07) is 14.1. The number of fused-ring (bicyclic) bond motifs is 1. The third-order valence-corrected chi connectivity index (χ3v) is 6.45. The molecular weight excluding hydrogens is 444 g/mol. The second-order valence-electron chi connectivity index (χ2n) is 7.63. The highest BCUT2D eigenvalue weighted by molar-refractivity contribution is 7.98. The van der Waals surface area contributed by atoms with E-state index in [1.54, 1.807) is 24.2 Å². The number of hydrogen-bond acceptors (Lipinski definition) is 6. The van der Waals surface area contributed by atoms with Crippen molar-refractivity contribution in [3.8, 4) is 22.8 Å². The number of aromatic nitrogens is 4. The molecule has 4 aromatic rings. The van der Waals surface area contributed by atoms with Crippen molar-refractivity contribution in [3.05, 3.63) is 82.1 Å². The highest BCUT2D eigenvalue weighted by atomic mass is 35.5. The van der Waals surface area contributed by atoms with Crippen LogP contribution in [0.1, 0.15) is 22.3 Å².